The Morgan fingerprint density at radius 2 is 2.24 bits per heavy atom. The highest BCUT2D eigenvalue weighted by molar-refractivity contribution is 5.56. The van der Waals surface area contributed by atoms with Crippen LogP contribution in [0.3, 0.4) is 0 Å². The summed E-state index contributed by atoms with van der Waals surface area (Å²) in [6, 6.07) is 6.71. The van der Waals surface area contributed by atoms with Gasteiger partial charge in [-0.25, -0.2) is 4.98 Å². The van der Waals surface area contributed by atoms with E-state index in [1.54, 1.807) is 0 Å². The number of fused-ring (bicyclic) bond motifs is 1. The van der Waals surface area contributed by atoms with Crippen molar-refractivity contribution in [2.75, 3.05) is 18.0 Å². The van der Waals surface area contributed by atoms with Crippen LogP contribution in [0.2, 0.25) is 0 Å². The predicted molar refractivity (Wildman–Crippen MR) is 87.8 cm³/mol. The van der Waals surface area contributed by atoms with E-state index in [4.69, 9.17) is 4.98 Å². The van der Waals surface area contributed by atoms with Gasteiger partial charge < -0.3 is 14.6 Å². The van der Waals surface area contributed by atoms with Gasteiger partial charge in [0.2, 0.25) is 0 Å². The average Bonchev–Trinajstić information content (AvgIpc) is 2.84. The van der Waals surface area contributed by atoms with Gasteiger partial charge in [-0.2, -0.15) is 0 Å². The molecule has 1 aliphatic heterocycles. The Bertz CT molecular complexity index is 602. The van der Waals surface area contributed by atoms with Crippen molar-refractivity contribution in [2.45, 2.75) is 46.2 Å². The van der Waals surface area contributed by atoms with E-state index in [-0.39, 0.29) is 0 Å². The van der Waals surface area contributed by atoms with E-state index in [0.717, 1.165) is 31.2 Å². The van der Waals surface area contributed by atoms with Gasteiger partial charge in [0.25, 0.3) is 0 Å². The Hall–Kier alpha value is -1.55. The van der Waals surface area contributed by atoms with Crippen LogP contribution in [0, 0.1) is 5.92 Å². The number of piperidine rings is 1. The summed E-state index contributed by atoms with van der Waals surface area (Å²) in [5.41, 5.74) is 2.33. The molecule has 0 saturated carbocycles. The molecule has 4 heteroatoms. The fourth-order valence-corrected chi connectivity index (χ4v) is 3.13. The van der Waals surface area contributed by atoms with Crippen molar-refractivity contribution in [1.82, 2.24) is 14.7 Å². The first kappa shape index (κ1) is 14.4. The summed E-state index contributed by atoms with van der Waals surface area (Å²) in [4.78, 5) is 7.37. The molecule has 0 aliphatic carbocycles. The van der Waals surface area contributed by atoms with E-state index >= 15 is 0 Å². The van der Waals surface area contributed by atoms with Crippen LogP contribution < -0.4 is 10.2 Å². The van der Waals surface area contributed by atoms with Crippen molar-refractivity contribution in [1.29, 1.82) is 0 Å². The van der Waals surface area contributed by atoms with E-state index in [0.29, 0.717) is 6.04 Å². The van der Waals surface area contributed by atoms with Crippen molar-refractivity contribution >= 4 is 11.5 Å². The molecule has 3 heterocycles. The van der Waals surface area contributed by atoms with Crippen LogP contribution in [0.1, 0.15) is 39.3 Å². The molecule has 1 aliphatic rings. The van der Waals surface area contributed by atoms with Crippen LogP contribution in [-0.2, 0) is 6.54 Å². The lowest BCUT2D eigenvalue weighted by atomic mass is 10.0. The topological polar surface area (TPSA) is 32.6 Å². The normalized spacial score (nSPS) is 19.6. The van der Waals surface area contributed by atoms with Crippen LogP contribution in [-0.4, -0.2) is 28.5 Å². The van der Waals surface area contributed by atoms with Crippen molar-refractivity contribution in [2.24, 2.45) is 5.92 Å². The summed E-state index contributed by atoms with van der Waals surface area (Å²) in [5, 5.41) is 3.54. The summed E-state index contributed by atoms with van der Waals surface area (Å²) < 4.78 is 2.23. The standard InChI is InChI=1S/C17H26N4/c1-13(2)18-11-15-17(20-9-6-7-14(3)12-20)19-16-8-4-5-10-21(15)16/h4-5,8,10,13-14,18H,6-7,9,11-12H2,1-3H3. The molecule has 21 heavy (non-hydrogen) atoms. The summed E-state index contributed by atoms with van der Waals surface area (Å²) in [5.74, 6) is 1.93. The second-order valence-corrected chi connectivity index (χ2v) is 6.54. The highest BCUT2D eigenvalue weighted by atomic mass is 15.2. The lowest BCUT2D eigenvalue weighted by molar-refractivity contribution is 0.443. The van der Waals surface area contributed by atoms with Crippen molar-refractivity contribution in [3.63, 3.8) is 0 Å². The van der Waals surface area contributed by atoms with E-state index < -0.39 is 0 Å². The van der Waals surface area contributed by atoms with Gasteiger partial charge in [0.15, 0.2) is 5.82 Å². The molecule has 0 spiro atoms. The first-order chi connectivity index (χ1) is 10.1. The summed E-state index contributed by atoms with van der Waals surface area (Å²) in [6.07, 6.45) is 4.73. The van der Waals surface area contributed by atoms with Gasteiger partial charge in [-0.3, -0.25) is 0 Å². The molecule has 0 aromatic carbocycles. The largest absolute Gasteiger partial charge is 0.355 e. The average molecular weight is 286 g/mol. The zero-order valence-electron chi connectivity index (χ0n) is 13.3. The molecule has 2 aromatic heterocycles. The van der Waals surface area contributed by atoms with Crippen LogP contribution in [0.5, 0.6) is 0 Å². The Kier molecular flexibility index (Phi) is 4.15. The van der Waals surface area contributed by atoms with E-state index in [2.05, 4.69) is 59.8 Å². The molecule has 114 valence electrons. The third-order valence-corrected chi connectivity index (χ3v) is 4.24. The highest BCUT2D eigenvalue weighted by Gasteiger charge is 2.22. The number of imidazole rings is 1. The Morgan fingerprint density at radius 1 is 1.38 bits per heavy atom. The number of pyridine rings is 1. The van der Waals surface area contributed by atoms with Gasteiger partial charge in [0.1, 0.15) is 5.65 Å². The van der Waals surface area contributed by atoms with Gasteiger partial charge in [-0.1, -0.05) is 26.8 Å². The molecule has 1 fully saturated rings. The summed E-state index contributed by atoms with van der Waals surface area (Å²) >= 11 is 0. The zero-order valence-corrected chi connectivity index (χ0v) is 13.3. The minimum absolute atomic E-state index is 0.479. The molecule has 0 radical (unpaired) electrons. The molecular weight excluding hydrogens is 260 g/mol. The molecular formula is C17H26N4. The maximum atomic E-state index is 4.90. The number of hydrogen-bond donors (Lipinski definition) is 1. The number of rotatable bonds is 4. The maximum Gasteiger partial charge on any atom is 0.152 e. The smallest absolute Gasteiger partial charge is 0.152 e. The van der Waals surface area contributed by atoms with Gasteiger partial charge >= 0.3 is 0 Å². The third-order valence-electron chi connectivity index (χ3n) is 4.24. The van der Waals surface area contributed by atoms with Gasteiger partial charge in [-0.05, 0) is 30.9 Å². The molecule has 1 atom stereocenters. The lowest BCUT2D eigenvalue weighted by Gasteiger charge is -2.32. The number of nitrogens with one attached hydrogen (secondary N) is 1. The first-order valence-corrected chi connectivity index (χ1v) is 8.09. The second kappa shape index (κ2) is 6.06. The number of anilines is 1. The summed E-state index contributed by atoms with van der Waals surface area (Å²) in [6.45, 7) is 9.83. The summed E-state index contributed by atoms with van der Waals surface area (Å²) in [7, 11) is 0. The van der Waals surface area contributed by atoms with Crippen LogP contribution in [0.15, 0.2) is 24.4 Å². The molecule has 1 saturated heterocycles. The van der Waals surface area contributed by atoms with Crippen LogP contribution in [0.4, 0.5) is 5.82 Å². The van der Waals surface area contributed by atoms with Gasteiger partial charge in [0, 0.05) is 31.9 Å². The SMILES string of the molecule is CC1CCCN(c2nc3ccccn3c2CNC(C)C)C1. The molecule has 4 nitrogen and oxygen atoms in total. The van der Waals surface area contributed by atoms with Crippen molar-refractivity contribution in [3.05, 3.63) is 30.1 Å². The fraction of sp³-hybridized carbons (Fsp3) is 0.588. The van der Waals surface area contributed by atoms with Gasteiger partial charge in [0.05, 0.1) is 5.69 Å². The number of hydrogen-bond acceptors (Lipinski definition) is 3. The van der Waals surface area contributed by atoms with E-state index in [1.165, 1.54) is 24.4 Å². The third kappa shape index (κ3) is 3.05. The predicted octanol–water partition coefficient (Wildman–Crippen LogP) is 3.07. The molecule has 2 aromatic rings. The fourth-order valence-electron chi connectivity index (χ4n) is 3.13. The molecule has 0 bridgehead atoms. The second-order valence-electron chi connectivity index (χ2n) is 6.54. The van der Waals surface area contributed by atoms with Gasteiger partial charge in [-0.15, -0.1) is 0 Å². The maximum absolute atomic E-state index is 4.90. The van der Waals surface area contributed by atoms with Crippen molar-refractivity contribution in [3.8, 4) is 0 Å². The lowest BCUT2D eigenvalue weighted by Crippen LogP contribution is -2.35. The minimum atomic E-state index is 0.479. The molecule has 0 amide bonds. The number of aromatic nitrogens is 2. The molecule has 3 rings (SSSR count). The van der Waals surface area contributed by atoms with E-state index in [9.17, 15) is 0 Å². The van der Waals surface area contributed by atoms with Crippen LogP contribution >= 0.6 is 0 Å². The molecule has 1 unspecified atom stereocenters. The van der Waals surface area contributed by atoms with Crippen molar-refractivity contribution < 1.29 is 0 Å². The van der Waals surface area contributed by atoms with E-state index in [1.807, 2.05) is 0 Å². The highest BCUT2D eigenvalue weighted by Crippen LogP contribution is 2.26. The molecule has 1 N–H and O–H groups in total. The Balaban J connectivity index is 1.97. The van der Waals surface area contributed by atoms with Crippen LogP contribution in [0.25, 0.3) is 5.65 Å². The monoisotopic (exact) mass is 286 g/mol. The first-order valence-electron chi connectivity index (χ1n) is 8.09. The minimum Gasteiger partial charge on any atom is -0.355 e. The Morgan fingerprint density at radius 3 is 3.00 bits per heavy atom. The number of nitrogens with zero attached hydrogens (tertiary/aromatic N) is 3. The zero-order chi connectivity index (χ0) is 14.8. The Labute approximate surface area is 127 Å². The quantitative estimate of drug-likeness (QED) is 0.937.